The average molecular weight is 185 g/mol. The summed E-state index contributed by atoms with van der Waals surface area (Å²) in [4.78, 5) is 0. The van der Waals surface area contributed by atoms with Gasteiger partial charge < -0.3 is 5.32 Å². The standard InChI is InChI=1S/C12H27N/c1-9(2)7-13-8-11(5)12(6)10(3)4/h9-13H,7-8H2,1-6H3. The minimum absolute atomic E-state index is 0.765. The van der Waals surface area contributed by atoms with Crippen molar-refractivity contribution < 1.29 is 0 Å². The SMILES string of the molecule is CC(C)CNCC(C)C(C)C(C)C. The molecule has 13 heavy (non-hydrogen) atoms. The van der Waals surface area contributed by atoms with Crippen LogP contribution in [-0.4, -0.2) is 13.1 Å². The summed E-state index contributed by atoms with van der Waals surface area (Å²) in [5.41, 5.74) is 0. The quantitative estimate of drug-likeness (QED) is 0.670. The molecule has 0 saturated carbocycles. The summed E-state index contributed by atoms with van der Waals surface area (Å²) in [6.07, 6.45) is 0. The third-order valence-electron chi connectivity index (χ3n) is 2.97. The van der Waals surface area contributed by atoms with Crippen molar-refractivity contribution in [3.05, 3.63) is 0 Å². The zero-order valence-electron chi connectivity index (χ0n) is 10.2. The van der Waals surface area contributed by atoms with E-state index in [9.17, 15) is 0 Å². The third-order valence-corrected chi connectivity index (χ3v) is 2.97. The van der Waals surface area contributed by atoms with E-state index < -0.39 is 0 Å². The van der Waals surface area contributed by atoms with Crippen molar-refractivity contribution in [3.63, 3.8) is 0 Å². The smallest absolute Gasteiger partial charge is 0.00204 e. The molecule has 0 aromatic rings. The summed E-state index contributed by atoms with van der Waals surface area (Å²) in [6.45, 7) is 16.1. The Morgan fingerprint density at radius 1 is 0.846 bits per heavy atom. The molecule has 0 rings (SSSR count). The van der Waals surface area contributed by atoms with Gasteiger partial charge in [0.1, 0.15) is 0 Å². The Labute approximate surface area is 84.3 Å². The molecule has 0 radical (unpaired) electrons. The molecule has 0 bridgehead atoms. The number of hydrogen-bond acceptors (Lipinski definition) is 1. The van der Waals surface area contributed by atoms with Crippen molar-refractivity contribution in [3.8, 4) is 0 Å². The van der Waals surface area contributed by atoms with E-state index in [4.69, 9.17) is 0 Å². The van der Waals surface area contributed by atoms with Gasteiger partial charge in [-0.2, -0.15) is 0 Å². The topological polar surface area (TPSA) is 12.0 Å². The van der Waals surface area contributed by atoms with Crippen molar-refractivity contribution in [1.29, 1.82) is 0 Å². The summed E-state index contributed by atoms with van der Waals surface area (Å²) in [7, 11) is 0. The van der Waals surface area contributed by atoms with Crippen LogP contribution < -0.4 is 5.32 Å². The monoisotopic (exact) mass is 185 g/mol. The molecule has 0 spiro atoms. The first-order chi connectivity index (χ1) is 5.95. The lowest BCUT2D eigenvalue weighted by Crippen LogP contribution is -2.29. The van der Waals surface area contributed by atoms with Gasteiger partial charge in [-0.15, -0.1) is 0 Å². The molecule has 1 nitrogen and oxygen atoms in total. The van der Waals surface area contributed by atoms with E-state index in [-0.39, 0.29) is 0 Å². The molecule has 0 heterocycles. The second-order valence-electron chi connectivity index (χ2n) is 5.13. The third kappa shape index (κ3) is 6.09. The van der Waals surface area contributed by atoms with Gasteiger partial charge in [-0.25, -0.2) is 0 Å². The predicted molar refractivity (Wildman–Crippen MR) is 60.9 cm³/mol. The molecule has 2 atom stereocenters. The van der Waals surface area contributed by atoms with Crippen LogP contribution in [0, 0.1) is 23.7 Å². The molecule has 0 aliphatic carbocycles. The highest BCUT2D eigenvalue weighted by Crippen LogP contribution is 2.19. The summed E-state index contributed by atoms with van der Waals surface area (Å²) in [6, 6.07) is 0. The fourth-order valence-electron chi connectivity index (χ4n) is 1.44. The molecule has 0 aromatic heterocycles. The van der Waals surface area contributed by atoms with Gasteiger partial charge in [0.05, 0.1) is 0 Å². The first kappa shape index (κ1) is 13.0. The molecule has 1 heteroatoms. The Kier molecular flexibility index (Phi) is 6.40. The molecule has 0 fully saturated rings. The number of hydrogen-bond donors (Lipinski definition) is 1. The molecule has 0 aliphatic heterocycles. The molecular weight excluding hydrogens is 158 g/mol. The van der Waals surface area contributed by atoms with E-state index in [0.29, 0.717) is 0 Å². The van der Waals surface area contributed by atoms with E-state index >= 15 is 0 Å². The molecule has 0 aromatic carbocycles. The van der Waals surface area contributed by atoms with Crippen LogP contribution in [0.25, 0.3) is 0 Å². The summed E-state index contributed by atoms with van der Waals surface area (Å²) < 4.78 is 0. The van der Waals surface area contributed by atoms with Crippen LogP contribution >= 0.6 is 0 Å². The van der Waals surface area contributed by atoms with Crippen LogP contribution in [-0.2, 0) is 0 Å². The Bertz CT molecular complexity index is 118. The van der Waals surface area contributed by atoms with Crippen molar-refractivity contribution >= 4 is 0 Å². The second-order valence-corrected chi connectivity index (χ2v) is 5.13. The normalized spacial score (nSPS) is 16.6. The number of nitrogens with one attached hydrogen (secondary N) is 1. The lowest BCUT2D eigenvalue weighted by atomic mass is 9.86. The zero-order chi connectivity index (χ0) is 10.4. The van der Waals surface area contributed by atoms with Gasteiger partial charge in [0, 0.05) is 0 Å². The molecular formula is C12H27N. The Balaban J connectivity index is 3.55. The van der Waals surface area contributed by atoms with Crippen molar-refractivity contribution in [2.75, 3.05) is 13.1 Å². The number of rotatable bonds is 6. The van der Waals surface area contributed by atoms with Crippen LogP contribution in [0.5, 0.6) is 0 Å². The Morgan fingerprint density at radius 3 is 1.77 bits per heavy atom. The van der Waals surface area contributed by atoms with Gasteiger partial charge in [-0.3, -0.25) is 0 Å². The first-order valence-corrected chi connectivity index (χ1v) is 5.65. The predicted octanol–water partition coefficient (Wildman–Crippen LogP) is 3.16. The lowest BCUT2D eigenvalue weighted by Gasteiger charge is -2.24. The van der Waals surface area contributed by atoms with E-state index in [0.717, 1.165) is 36.8 Å². The van der Waals surface area contributed by atoms with E-state index in [1.165, 1.54) is 0 Å². The Morgan fingerprint density at radius 2 is 1.38 bits per heavy atom. The highest BCUT2D eigenvalue weighted by Gasteiger charge is 2.14. The van der Waals surface area contributed by atoms with Crippen LogP contribution in [0.2, 0.25) is 0 Å². The minimum Gasteiger partial charge on any atom is -0.316 e. The van der Waals surface area contributed by atoms with E-state index in [2.05, 4.69) is 46.9 Å². The molecule has 1 N–H and O–H groups in total. The molecule has 0 aliphatic rings. The maximum absolute atomic E-state index is 3.52. The van der Waals surface area contributed by atoms with Crippen LogP contribution in [0.4, 0.5) is 0 Å². The summed E-state index contributed by atoms with van der Waals surface area (Å²) in [5, 5.41) is 3.52. The maximum Gasteiger partial charge on any atom is -0.00204 e. The van der Waals surface area contributed by atoms with E-state index in [1.807, 2.05) is 0 Å². The van der Waals surface area contributed by atoms with Gasteiger partial charge in [0.2, 0.25) is 0 Å². The largest absolute Gasteiger partial charge is 0.316 e. The van der Waals surface area contributed by atoms with Crippen molar-refractivity contribution in [2.24, 2.45) is 23.7 Å². The highest BCUT2D eigenvalue weighted by molar-refractivity contribution is 4.67. The fourth-order valence-corrected chi connectivity index (χ4v) is 1.44. The summed E-state index contributed by atoms with van der Waals surface area (Å²) >= 11 is 0. The molecule has 80 valence electrons. The average Bonchev–Trinajstić information content (AvgIpc) is 2.02. The fraction of sp³-hybridized carbons (Fsp3) is 1.00. The van der Waals surface area contributed by atoms with Crippen LogP contribution in [0.15, 0.2) is 0 Å². The van der Waals surface area contributed by atoms with Gasteiger partial charge in [-0.05, 0) is 36.8 Å². The van der Waals surface area contributed by atoms with Crippen LogP contribution in [0.3, 0.4) is 0 Å². The molecule has 2 unspecified atom stereocenters. The molecule has 0 saturated heterocycles. The minimum atomic E-state index is 0.765. The van der Waals surface area contributed by atoms with Gasteiger partial charge >= 0.3 is 0 Å². The van der Waals surface area contributed by atoms with E-state index in [1.54, 1.807) is 0 Å². The van der Waals surface area contributed by atoms with Gasteiger partial charge in [0.15, 0.2) is 0 Å². The maximum atomic E-state index is 3.52. The van der Waals surface area contributed by atoms with Crippen LogP contribution in [0.1, 0.15) is 41.5 Å². The van der Waals surface area contributed by atoms with Crippen molar-refractivity contribution in [1.82, 2.24) is 5.32 Å². The molecule has 0 amide bonds. The Hall–Kier alpha value is -0.0400. The highest BCUT2D eigenvalue weighted by atomic mass is 14.9. The van der Waals surface area contributed by atoms with Gasteiger partial charge in [-0.1, -0.05) is 41.5 Å². The van der Waals surface area contributed by atoms with Gasteiger partial charge in [0.25, 0.3) is 0 Å². The second kappa shape index (κ2) is 6.42. The lowest BCUT2D eigenvalue weighted by molar-refractivity contribution is 0.284. The summed E-state index contributed by atoms with van der Waals surface area (Å²) in [5.74, 6) is 3.18. The zero-order valence-corrected chi connectivity index (χ0v) is 10.2. The van der Waals surface area contributed by atoms with Crippen molar-refractivity contribution in [2.45, 2.75) is 41.5 Å². The first-order valence-electron chi connectivity index (χ1n) is 5.65.